The Morgan fingerprint density at radius 2 is 1.67 bits per heavy atom. The number of piperidine rings is 1. The lowest BCUT2D eigenvalue weighted by Crippen LogP contribution is -2.47. The molecule has 0 bridgehead atoms. The van der Waals surface area contributed by atoms with Gasteiger partial charge in [-0.2, -0.15) is 0 Å². The van der Waals surface area contributed by atoms with Crippen LogP contribution in [0.3, 0.4) is 0 Å². The van der Waals surface area contributed by atoms with Gasteiger partial charge in [-0.05, 0) is 24.3 Å². The maximum absolute atomic E-state index is 12.5. The maximum Gasteiger partial charge on any atom is 0.253 e. The number of carbonyl (C=O) groups is 1. The summed E-state index contributed by atoms with van der Waals surface area (Å²) < 4.78 is 11.4. The van der Waals surface area contributed by atoms with Crippen LogP contribution in [0, 0.1) is 0 Å². The SMILES string of the molecule is CN(C)c1ccc(C(=O)N2CCC3(CC2)OCCO3)cc1. The Balaban J connectivity index is 1.63. The molecule has 0 aromatic heterocycles. The third-order valence-electron chi connectivity index (χ3n) is 4.26. The van der Waals surface area contributed by atoms with E-state index in [0.29, 0.717) is 26.3 Å². The molecule has 21 heavy (non-hydrogen) atoms. The molecule has 1 spiro atoms. The molecular weight excluding hydrogens is 268 g/mol. The van der Waals surface area contributed by atoms with Crippen LogP contribution >= 0.6 is 0 Å². The van der Waals surface area contributed by atoms with Crippen LogP contribution in [0.1, 0.15) is 23.2 Å². The van der Waals surface area contributed by atoms with Crippen LogP contribution in [0.25, 0.3) is 0 Å². The van der Waals surface area contributed by atoms with E-state index < -0.39 is 5.79 Å². The van der Waals surface area contributed by atoms with E-state index in [1.807, 2.05) is 48.2 Å². The first-order valence-corrected chi connectivity index (χ1v) is 7.44. The molecular formula is C16H22N2O3. The molecule has 3 rings (SSSR count). The molecule has 0 radical (unpaired) electrons. The average molecular weight is 290 g/mol. The van der Waals surface area contributed by atoms with E-state index in [2.05, 4.69) is 0 Å². The predicted molar refractivity (Wildman–Crippen MR) is 80.5 cm³/mol. The quantitative estimate of drug-likeness (QED) is 0.832. The van der Waals surface area contributed by atoms with Gasteiger partial charge in [0.05, 0.1) is 13.2 Å². The first kappa shape index (κ1) is 14.4. The number of hydrogen-bond acceptors (Lipinski definition) is 4. The molecule has 2 fully saturated rings. The number of amides is 1. The Morgan fingerprint density at radius 1 is 1.10 bits per heavy atom. The van der Waals surface area contributed by atoms with Gasteiger partial charge < -0.3 is 19.3 Å². The monoisotopic (exact) mass is 290 g/mol. The summed E-state index contributed by atoms with van der Waals surface area (Å²) in [6.45, 7) is 2.71. The van der Waals surface area contributed by atoms with Gasteiger partial charge in [0, 0.05) is 51.3 Å². The van der Waals surface area contributed by atoms with Crippen LogP contribution in [0.2, 0.25) is 0 Å². The third-order valence-corrected chi connectivity index (χ3v) is 4.26. The molecule has 0 aliphatic carbocycles. The number of likely N-dealkylation sites (tertiary alicyclic amines) is 1. The molecule has 1 aromatic carbocycles. The number of rotatable bonds is 2. The topological polar surface area (TPSA) is 42.0 Å². The highest BCUT2D eigenvalue weighted by atomic mass is 16.7. The summed E-state index contributed by atoms with van der Waals surface area (Å²) in [5.74, 6) is -0.334. The first-order valence-electron chi connectivity index (χ1n) is 7.44. The molecule has 0 unspecified atom stereocenters. The van der Waals surface area contributed by atoms with E-state index in [-0.39, 0.29) is 5.91 Å². The first-order chi connectivity index (χ1) is 10.1. The van der Waals surface area contributed by atoms with Gasteiger partial charge in [-0.25, -0.2) is 0 Å². The Hall–Kier alpha value is -1.59. The summed E-state index contributed by atoms with van der Waals surface area (Å²) in [6, 6.07) is 7.74. The predicted octanol–water partition coefficient (Wildman–Crippen LogP) is 1.73. The number of hydrogen-bond donors (Lipinski definition) is 0. The molecule has 5 nitrogen and oxygen atoms in total. The summed E-state index contributed by atoms with van der Waals surface area (Å²) in [4.78, 5) is 16.4. The Morgan fingerprint density at radius 3 is 2.19 bits per heavy atom. The summed E-state index contributed by atoms with van der Waals surface area (Å²) >= 11 is 0. The number of carbonyl (C=O) groups excluding carboxylic acids is 1. The van der Waals surface area contributed by atoms with Crippen LogP contribution in [-0.2, 0) is 9.47 Å². The Kier molecular flexibility index (Phi) is 3.87. The molecule has 2 saturated heterocycles. The zero-order valence-corrected chi connectivity index (χ0v) is 12.7. The lowest BCUT2D eigenvalue weighted by Gasteiger charge is -2.37. The van der Waals surface area contributed by atoms with Gasteiger partial charge in [0.15, 0.2) is 5.79 Å². The zero-order chi connectivity index (χ0) is 14.9. The van der Waals surface area contributed by atoms with Crippen molar-refractivity contribution in [2.75, 3.05) is 45.3 Å². The second-order valence-corrected chi connectivity index (χ2v) is 5.84. The van der Waals surface area contributed by atoms with E-state index in [0.717, 1.165) is 24.1 Å². The van der Waals surface area contributed by atoms with Crippen LogP contribution < -0.4 is 4.90 Å². The van der Waals surface area contributed by atoms with Gasteiger partial charge in [-0.3, -0.25) is 4.79 Å². The second-order valence-electron chi connectivity index (χ2n) is 5.84. The largest absolute Gasteiger partial charge is 0.378 e. The van der Waals surface area contributed by atoms with Gasteiger partial charge >= 0.3 is 0 Å². The lowest BCUT2D eigenvalue weighted by atomic mass is 10.0. The van der Waals surface area contributed by atoms with Crippen molar-refractivity contribution < 1.29 is 14.3 Å². The van der Waals surface area contributed by atoms with Crippen LogP contribution in [-0.4, -0.2) is 57.0 Å². The maximum atomic E-state index is 12.5. The molecule has 0 N–H and O–H groups in total. The van der Waals surface area contributed by atoms with Gasteiger partial charge in [0.2, 0.25) is 0 Å². The Bertz CT molecular complexity index is 497. The number of anilines is 1. The molecule has 1 amide bonds. The minimum atomic E-state index is -0.425. The fourth-order valence-electron chi connectivity index (χ4n) is 2.92. The summed E-state index contributed by atoms with van der Waals surface area (Å²) in [6.07, 6.45) is 1.52. The van der Waals surface area contributed by atoms with E-state index in [1.54, 1.807) is 0 Å². The van der Waals surface area contributed by atoms with Gasteiger partial charge in [-0.1, -0.05) is 0 Å². The molecule has 2 aliphatic heterocycles. The standard InChI is InChI=1S/C16H22N2O3/c1-17(2)14-5-3-13(4-6-14)15(19)18-9-7-16(8-10-18)20-11-12-21-16/h3-6H,7-12H2,1-2H3. The van der Waals surface area contributed by atoms with Crippen molar-refractivity contribution in [3.63, 3.8) is 0 Å². The van der Waals surface area contributed by atoms with E-state index >= 15 is 0 Å². The normalized spacial score (nSPS) is 20.8. The molecule has 114 valence electrons. The fraction of sp³-hybridized carbons (Fsp3) is 0.562. The molecule has 0 atom stereocenters. The van der Waals surface area contributed by atoms with Crippen molar-refractivity contribution in [2.45, 2.75) is 18.6 Å². The summed E-state index contributed by atoms with van der Waals surface area (Å²) in [7, 11) is 3.98. The van der Waals surface area contributed by atoms with Crippen molar-refractivity contribution in [3.8, 4) is 0 Å². The molecule has 0 saturated carbocycles. The van der Waals surface area contributed by atoms with E-state index in [1.165, 1.54) is 0 Å². The highest BCUT2D eigenvalue weighted by Gasteiger charge is 2.40. The van der Waals surface area contributed by atoms with Gasteiger partial charge in [0.1, 0.15) is 0 Å². The van der Waals surface area contributed by atoms with Crippen LogP contribution in [0.5, 0.6) is 0 Å². The van der Waals surface area contributed by atoms with Crippen molar-refractivity contribution in [1.29, 1.82) is 0 Å². The second kappa shape index (κ2) is 5.66. The van der Waals surface area contributed by atoms with Crippen LogP contribution in [0.15, 0.2) is 24.3 Å². The zero-order valence-electron chi connectivity index (χ0n) is 12.7. The highest BCUT2D eigenvalue weighted by Crippen LogP contribution is 2.31. The van der Waals surface area contributed by atoms with Crippen molar-refractivity contribution in [2.24, 2.45) is 0 Å². The average Bonchev–Trinajstić information content (AvgIpc) is 2.96. The van der Waals surface area contributed by atoms with Gasteiger partial charge in [0.25, 0.3) is 5.91 Å². The molecule has 2 heterocycles. The number of nitrogens with zero attached hydrogens (tertiary/aromatic N) is 2. The van der Waals surface area contributed by atoms with Crippen molar-refractivity contribution in [1.82, 2.24) is 4.90 Å². The molecule has 5 heteroatoms. The van der Waals surface area contributed by atoms with Crippen molar-refractivity contribution >= 4 is 11.6 Å². The van der Waals surface area contributed by atoms with E-state index in [9.17, 15) is 4.79 Å². The summed E-state index contributed by atoms with van der Waals surface area (Å²) in [5, 5.41) is 0. The van der Waals surface area contributed by atoms with Gasteiger partial charge in [-0.15, -0.1) is 0 Å². The van der Waals surface area contributed by atoms with E-state index in [4.69, 9.17) is 9.47 Å². The fourth-order valence-corrected chi connectivity index (χ4v) is 2.92. The van der Waals surface area contributed by atoms with Crippen molar-refractivity contribution in [3.05, 3.63) is 29.8 Å². The minimum absolute atomic E-state index is 0.0909. The Labute approximate surface area is 125 Å². The smallest absolute Gasteiger partial charge is 0.253 e. The molecule has 2 aliphatic rings. The third kappa shape index (κ3) is 2.89. The molecule has 1 aromatic rings. The van der Waals surface area contributed by atoms with Crippen LogP contribution in [0.4, 0.5) is 5.69 Å². The minimum Gasteiger partial charge on any atom is -0.378 e. The highest BCUT2D eigenvalue weighted by molar-refractivity contribution is 5.94. The lowest BCUT2D eigenvalue weighted by molar-refractivity contribution is -0.181. The number of ether oxygens (including phenoxy) is 2. The number of benzene rings is 1. The summed E-state index contributed by atoms with van der Waals surface area (Å²) in [5.41, 5.74) is 1.83.